The highest BCUT2D eigenvalue weighted by atomic mass is 35.5. The molecule has 2 aromatic carbocycles. The fourth-order valence-electron chi connectivity index (χ4n) is 3.86. The van der Waals surface area contributed by atoms with Gasteiger partial charge in [0.05, 0.1) is 28.5 Å². The van der Waals surface area contributed by atoms with Crippen LogP contribution in [0, 0.1) is 6.92 Å². The first kappa shape index (κ1) is 22.2. The average molecular weight is 478 g/mol. The van der Waals surface area contributed by atoms with Crippen LogP contribution in [0.15, 0.2) is 42.5 Å². The first-order valence-corrected chi connectivity index (χ1v) is 11.4. The second-order valence-corrected chi connectivity index (χ2v) is 8.97. The van der Waals surface area contributed by atoms with E-state index in [2.05, 4.69) is 5.43 Å². The summed E-state index contributed by atoms with van der Waals surface area (Å²) in [5, 5.41) is 8.45. The minimum absolute atomic E-state index is 0.0699. The molecular formula is C23H23Cl3N4O. The summed E-state index contributed by atoms with van der Waals surface area (Å²) >= 11 is 18.7. The van der Waals surface area contributed by atoms with E-state index in [0.717, 1.165) is 42.8 Å². The Kier molecular flexibility index (Phi) is 6.87. The van der Waals surface area contributed by atoms with Crippen LogP contribution in [-0.2, 0) is 11.2 Å². The van der Waals surface area contributed by atoms with Crippen molar-refractivity contribution < 1.29 is 4.79 Å². The van der Waals surface area contributed by atoms with Crippen molar-refractivity contribution in [2.75, 3.05) is 13.1 Å². The number of carbonyl (C=O) groups is 1. The third-order valence-corrected chi connectivity index (χ3v) is 6.23. The Hall–Kier alpha value is -2.05. The van der Waals surface area contributed by atoms with Crippen LogP contribution in [0.4, 0.5) is 0 Å². The molecule has 0 aliphatic carbocycles. The van der Waals surface area contributed by atoms with Crippen molar-refractivity contribution in [1.29, 1.82) is 0 Å². The molecule has 31 heavy (non-hydrogen) atoms. The summed E-state index contributed by atoms with van der Waals surface area (Å²) in [4.78, 5) is 12.7. The lowest BCUT2D eigenvalue weighted by atomic mass is 10.1. The molecule has 0 radical (unpaired) electrons. The number of halogens is 3. The summed E-state index contributed by atoms with van der Waals surface area (Å²) in [6.45, 7) is 3.74. The highest BCUT2D eigenvalue weighted by molar-refractivity contribution is 6.35. The molecule has 162 valence electrons. The molecule has 1 saturated heterocycles. The summed E-state index contributed by atoms with van der Waals surface area (Å²) in [5.41, 5.74) is 7.12. The third-order valence-electron chi connectivity index (χ3n) is 5.44. The summed E-state index contributed by atoms with van der Waals surface area (Å²) < 4.78 is 1.78. The zero-order chi connectivity index (χ0) is 22.0. The molecule has 1 amide bonds. The fourth-order valence-corrected chi connectivity index (χ4v) is 4.47. The molecule has 0 bridgehead atoms. The van der Waals surface area contributed by atoms with Crippen molar-refractivity contribution in [2.24, 2.45) is 0 Å². The Bertz CT molecular complexity index is 1090. The normalized spacial score (nSPS) is 14.6. The highest BCUT2D eigenvalue weighted by Crippen LogP contribution is 2.33. The molecule has 0 saturated carbocycles. The Labute approximate surface area is 196 Å². The van der Waals surface area contributed by atoms with Crippen molar-refractivity contribution in [3.05, 3.63) is 68.8 Å². The minimum atomic E-state index is -0.0699. The van der Waals surface area contributed by atoms with E-state index in [1.165, 1.54) is 6.42 Å². The highest BCUT2D eigenvalue weighted by Gasteiger charge is 2.22. The molecule has 1 aliphatic heterocycles. The van der Waals surface area contributed by atoms with E-state index in [1.54, 1.807) is 16.8 Å². The van der Waals surface area contributed by atoms with Gasteiger partial charge < -0.3 is 0 Å². The van der Waals surface area contributed by atoms with E-state index in [-0.39, 0.29) is 12.3 Å². The van der Waals surface area contributed by atoms with Crippen molar-refractivity contribution in [2.45, 2.75) is 32.6 Å². The third kappa shape index (κ3) is 5.07. The molecule has 8 heteroatoms. The Morgan fingerprint density at radius 3 is 2.35 bits per heavy atom. The molecule has 1 aliphatic rings. The monoisotopic (exact) mass is 476 g/mol. The standard InChI is InChI=1S/C23H23Cl3N4O/c1-15-20(14-22(31)28-29-11-3-2-4-12-29)27-30(21-10-9-18(25)13-19(21)26)23(15)16-5-7-17(24)8-6-16/h5-10,13H,2-4,11-12,14H2,1H3,(H,28,31). The van der Waals surface area contributed by atoms with Gasteiger partial charge in [-0.3, -0.25) is 10.2 Å². The number of piperidine rings is 1. The van der Waals surface area contributed by atoms with Crippen LogP contribution < -0.4 is 5.43 Å². The maximum atomic E-state index is 12.7. The van der Waals surface area contributed by atoms with Crippen molar-refractivity contribution >= 4 is 40.7 Å². The molecule has 1 N–H and O–H groups in total. The quantitative estimate of drug-likeness (QED) is 0.500. The molecule has 1 fully saturated rings. The van der Waals surface area contributed by atoms with Crippen molar-refractivity contribution in [3.8, 4) is 16.9 Å². The molecule has 1 aromatic heterocycles. The molecule has 0 atom stereocenters. The van der Waals surface area contributed by atoms with Crippen molar-refractivity contribution in [3.63, 3.8) is 0 Å². The predicted molar refractivity (Wildman–Crippen MR) is 126 cm³/mol. The first-order chi connectivity index (χ1) is 14.9. The summed E-state index contributed by atoms with van der Waals surface area (Å²) in [7, 11) is 0. The van der Waals surface area contributed by atoms with E-state index < -0.39 is 0 Å². The van der Waals surface area contributed by atoms with Gasteiger partial charge in [0, 0.05) is 28.7 Å². The van der Waals surface area contributed by atoms with Crippen LogP contribution in [0.25, 0.3) is 16.9 Å². The summed E-state index contributed by atoms with van der Waals surface area (Å²) in [6.07, 6.45) is 3.59. The lowest BCUT2D eigenvalue weighted by Crippen LogP contribution is -2.45. The van der Waals surface area contributed by atoms with Gasteiger partial charge in [0.1, 0.15) is 0 Å². The van der Waals surface area contributed by atoms with E-state index >= 15 is 0 Å². The zero-order valence-corrected chi connectivity index (χ0v) is 19.4. The van der Waals surface area contributed by atoms with Crippen LogP contribution in [-0.4, -0.2) is 33.8 Å². The molecule has 5 nitrogen and oxygen atoms in total. The maximum absolute atomic E-state index is 12.7. The largest absolute Gasteiger partial charge is 0.289 e. The molecular weight excluding hydrogens is 455 g/mol. The summed E-state index contributed by atoms with van der Waals surface area (Å²) in [5.74, 6) is -0.0699. The smallest absolute Gasteiger partial charge is 0.240 e. The summed E-state index contributed by atoms with van der Waals surface area (Å²) in [6, 6.07) is 12.8. The van der Waals surface area contributed by atoms with Gasteiger partial charge in [0.2, 0.25) is 5.91 Å². The zero-order valence-electron chi connectivity index (χ0n) is 17.2. The predicted octanol–water partition coefficient (Wildman–Crippen LogP) is 5.87. The molecule has 2 heterocycles. The Morgan fingerprint density at radius 1 is 1.00 bits per heavy atom. The molecule has 0 spiro atoms. The van der Waals surface area contributed by atoms with E-state index in [0.29, 0.717) is 26.4 Å². The van der Waals surface area contributed by atoms with Crippen LogP contribution in [0.3, 0.4) is 0 Å². The van der Waals surface area contributed by atoms with Gasteiger partial charge in [-0.25, -0.2) is 9.69 Å². The number of benzene rings is 2. The van der Waals surface area contributed by atoms with Crippen LogP contribution >= 0.6 is 34.8 Å². The SMILES string of the molecule is Cc1c(CC(=O)NN2CCCCC2)nn(-c2ccc(Cl)cc2Cl)c1-c1ccc(Cl)cc1. The number of hydrogen-bond acceptors (Lipinski definition) is 3. The first-order valence-electron chi connectivity index (χ1n) is 10.3. The van der Waals surface area contributed by atoms with Crippen LogP contribution in [0.5, 0.6) is 0 Å². The number of rotatable bonds is 5. The molecule has 0 unspecified atom stereocenters. The minimum Gasteiger partial charge on any atom is -0.289 e. The second-order valence-electron chi connectivity index (χ2n) is 7.69. The van der Waals surface area contributed by atoms with Gasteiger partial charge in [-0.05, 0) is 55.7 Å². The number of nitrogens with one attached hydrogen (secondary N) is 1. The van der Waals surface area contributed by atoms with Crippen LogP contribution in [0.2, 0.25) is 15.1 Å². The number of carbonyl (C=O) groups excluding carboxylic acids is 1. The fraction of sp³-hybridized carbons (Fsp3) is 0.304. The number of hydrogen-bond donors (Lipinski definition) is 1. The van der Waals surface area contributed by atoms with Crippen molar-refractivity contribution in [1.82, 2.24) is 20.2 Å². The topological polar surface area (TPSA) is 50.2 Å². The van der Waals surface area contributed by atoms with Gasteiger partial charge in [-0.2, -0.15) is 5.10 Å². The molecule has 3 aromatic rings. The average Bonchev–Trinajstić information content (AvgIpc) is 3.05. The van der Waals surface area contributed by atoms with E-state index in [1.807, 2.05) is 42.3 Å². The van der Waals surface area contributed by atoms with Gasteiger partial charge in [0.25, 0.3) is 0 Å². The number of aromatic nitrogens is 2. The number of nitrogens with zero attached hydrogens (tertiary/aromatic N) is 3. The Morgan fingerprint density at radius 2 is 1.68 bits per heavy atom. The van der Waals surface area contributed by atoms with Gasteiger partial charge in [0.15, 0.2) is 0 Å². The lowest BCUT2D eigenvalue weighted by molar-refractivity contribution is -0.125. The van der Waals surface area contributed by atoms with Gasteiger partial charge >= 0.3 is 0 Å². The van der Waals surface area contributed by atoms with Gasteiger partial charge in [-0.15, -0.1) is 0 Å². The Balaban J connectivity index is 1.71. The lowest BCUT2D eigenvalue weighted by Gasteiger charge is -2.26. The maximum Gasteiger partial charge on any atom is 0.240 e. The number of hydrazine groups is 1. The second kappa shape index (κ2) is 9.61. The number of amides is 1. The van der Waals surface area contributed by atoms with Gasteiger partial charge in [-0.1, -0.05) is 53.4 Å². The van der Waals surface area contributed by atoms with E-state index in [9.17, 15) is 4.79 Å². The molecule has 4 rings (SSSR count). The van der Waals surface area contributed by atoms with Crippen LogP contribution in [0.1, 0.15) is 30.5 Å². The van der Waals surface area contributed by atoms with E-state index in [4.69, 9.17) is 39.9 Å².